The zero-order valence-corrected chi connectivity index (χ0v) is 13.0. The number of nitrogens with one attached hydrogen (secondary N) is 1. The lowest BCUT2D eigenvalue weighted by Crippen LogP contribution is -2.48. The van der Waals surface area contributed by atoms with Crippen LogP contribution in [0, 0.1) is 5.82 Å². The highest BCUT2D eigenvalue weighted by molar-refractivity contribution is 5.96. The minimum absolute atomic E-state index is 0.0952. The van der Waals surface area contributed by atoms with Crippen LogP contribution in [0.2, 0.25) is 0 Å². The Labute approximate surface area is 125 Å². The number of nitrogens with zero attached hydrogens (tertiary/aromatic N) is 1. The molecular formula is C16H23FN2O2. The van der Waals surface area contributed by atoms with E-state index in [9.17, 15) is 14.0 Å². The highest BCUT2D eigenvalue weighted by Crippen LogP contribution is 2.07. The van der Waals surface area contributed by atoms with E-state index in [4.69, 9.17) is 0 Å². The van der Waals surface area contributed by atoms with Crippen molar-refractivity contribution in [3.05, 3.63) is 35.6 Å². The summed E-state index contributed by atoms with van der Waals surface area (Å²) in [7, 11) is 0. The van der Waals surface area contributed by atoms with Gasteiger partial charge < -0.3 is 10.2 Å². The molecular weight excluding hydrogens is 271 g/mol. The number of halogens is 1. The van der Waals surface area contributed by atoms with Crippen molar-refractivity contribution in [2.45, 2.75) is 46.2 Å². The van der Waals surface area contributed by atoms with Crippen LogP contribution < -0.4 is 5.32 Å². The quantitative estimate of drug-likeness (QED) is 0.819. The molecule has 0 aliphatic carbocycles. The Bertz CT molecular complexity index is 476. The van der Waals surface area contributed by atoms with Crippen LogP contribution in [0.1, 0.15) is 44.5 Å². The predicted molar refractivity (Wildman–Crippen MR) is 80.9 cm³/mol. The number of benzene rings is 1. The van der Waals surface area contributed by atoms with Crippen molar-refractivity contribution in [2.75, 3.05) is 6.54 Å². The second-order valence-electron chi connectivity index (χ2n) is 5.51. The van der Waals surface area contributed by atoms with E-state index in [2.05, 4.69) is 5.32 Å². The molecule has 1 aromatic rings. The minimum Gasteiger partial charge on any atom is -0.338 e. The normalized spacial score (nSPS) is 10.8. The van der Waals surface area contributed by atoms with Gasteiger partial charge in [0.1, 0.15) is 5.82 Å². The van der Waals surface area contributed by atoms with Crippen LogP contribution in [0.4, 0.5) is 9.18 Å². The van der Waals surface area contributed by atoms with Gasteiger partial charge in [0, 0.05) is 30.6 Å². The van der Waals surface area contributed by atoms with Crippen molar-refractivity contribution in [3.63, 3.8) is 0 Å². The van der Waals surface area contributed by atoms with Crippen LogP contribution in [-0.4, -0.2) is 35.3 Å². The Balaban J connectivity index is 2.47. The molecule has 0 saturated carbocycles. The molecule has 0 unspecified atom stereocenters. The molecule has 0 atom stereocenters. The van der Waals surface area contributed by atoms with E-state index in [1.165, 1.54) is 24.3 Å². The molecule has 0 heterocycles. The van der Waals surface area contributed by atoms with Crippen molar-refractivity contribution in [1.29, 1.82) is 0 Å². The summed E-state index contributed by atoms with van der Waals surface area (Å²) in [4.78, 5) is 25.7. The van der Waals surface area contributed by atoms with Gasteiger partial charge in [-0.15, -0.1) is 0 Å². The van der Waals surface area contributed by atoms with Gasteiger partial charge in [-0.3, -0.25) is 4.79 Å². The molecule has 1 N–H and O–H groups in total. The van der Waals surface area contributed by atoms with Gasteiger partial charge in [-0.05, 0) is 52.0 Å². The standard InChI is InChI=1S/C16H23FN2O2/c1-11(2)19(12(3)4)16(21)18-10-9-15(20)13-5-7-14(17)8-6-13/h5-8,11-12H,9-10H2,1-4H3,(H,18,21). The molecule has 0 aromatic heterocycles. The number of amides is 2. The van der Waals surface area contributed by atoms with Gasteiger partial charge in [-0.25, -0.2) is 9.18 Å². The van der Waals surface area contributed by atoms with E-state index >= 15 is 0 Å². The number of hydrogen-bond donors (Lipinski definition) is 1. The van der Waals surface area contributed by atoms with Gasteiger partial charge in [0.15, 0.2) is 5.78 Å². The number of carbonyl (C=O) groups is 2. The molecule has 4 nitrogen and oxygen atoms in total. The summed E-state index contributed by atoms with van der Waals surface area (Å²) in [6.45, 7) is 8.06. The second-order valence-corrected chi connectivity index (χ2v) is 5.51. The Morgan fingerprint density at radius 2 is 1.62 bits per heavy atom. The highest BCUT2D eigenvalue weighted by atomic mass is 19.1. The topological polar surface area (TPSA) is 49.4 Å². The average molecular weight is 294 g/mol. The molecule has 0 fully saturated rings. The predicted octanol–water partition coefficient (Wildman–Crippen LogP) is 3.23. The molecule has 0 spiro atoms. The molecule has 0 saturated heterocycles. The van der Waals surface area contributed by atoms with Gasteiger partial charge in [0.05, 0.1) is 0 Å². The first-order valence-corrected chi connectivity index (χ1v) is 7.18. The third kappa shape index (κ3) is 5.17. The fourth-order valence-corrected chi connectivity index (χ4v) is 2.22. The SMILES string of the molecule is CC(C)N(C(=O)NCCC(=O)c1ccc(F)cc1)C(C)C. The molecule has 116 valence electrons. The van der Waals surface area contributed by atoms with Crippen LogP contribution in [-0.2, 0) is 0 Å². The molecule has 5 heteroatoms. The maximum absolute atomic E-state index is 12.8. The van der Waals surface area contributed by atoms with E-state index < -0.39 is 0 Å². The zero-order chi connectivity index (χ0) is 16.0. The van der Waals surface area contributed by atoms with Gasteiger partial charge in [-0.1, -0.05) is 0 Å². The van der Waals surface area contributed by atoms with Crippen molar-refractivity contribution >= 4 is 11.8 Å². The number of Topliss-reactive ketones (excluding diaryl/α,β-unsaturated/α-hetero) is 1. The summed E-state index contributed by atoms with van der Waals surface area (Å²) in [6.07, 6.45) is 0.196. The Hall–Kier alpha value is -1.91. The number of carbonyl (C=O) groups excluding carboxylic acids is 2. The third-order valence-corrected chi connectivity index (χ3v) is 3.14. The van der Waals surface area contributed by atoms with Crippen LogP contribution in [0.25, 0.3) is 0 Å². The molecule has 1 aromatic carbocycles. The van der Waals surface area contributed by atoms with Crippen molar-refractivity contribution < 1.29 is 14.0 Å². The van der Waals surface area contributed by atoms with Gasteiger partial charge in [-0.2, -0.15) is 0 Å². The van der Waals surface area contributed by atoms with Crippen LogP contribution >= 0.6 is 0 Å². The number of ketones is 1. The summed E-state index contributed by atoms with van der Waals surface area (Å²) in [5.74, 6) is -0.486. The fourth-order valence-electron chi connectivity index (χ4n) is 2.22. The number of hydrogen-bond acceptors (Lipinski definition) is 2. The van der Waals surface area contributed by atoms with E-state index in [0.717, 1.165) is 0 Å². The molecule has 0 aliphatic rings. The molecule has 0 aliphatic heterocycles. The van der Waals surface area contributed by atoms with Crippen LogP contribution in [0.5, 0.6) is 0 Å². The average Bonchev–Trinajstić information content (AvgIpc) is 2.38. The van der Waals surface area contributed by atoms with Crippen molar-refractivity contribution in [3.8, 4) is 0 Å². The fraction of sp³-hybridized carbons (Fsp3) is 0.500. The van der Waals surface area contributed by atoms with Crippen molar-refractivity contribution in [2.24, 2.45) is 0 Å². The number of urea groups is 1. The third-order valence-electron chi connectivity index (χ3n) is 3.14. The van der Waals surface area contributed by atoms with E-state index in [1.54, 1.807) is 4.90 Å². The first kappa shape index (κ1) is 17.1. The summed E-state index contributed by atoms with van der Waals surface area (Å²) in [5.41, 5.74) is 0.454. The summed E-state index contributed by atoms with van der Waals surface area (Å²) in [6, 6.07) is 5.43. The smallest absolute Gasteiger partial charge is 0.317 e. The highest BCUT2D eigenvalue weighted by Gasteiger charge is 2.19. The minimum atomic E-state index is -0.371. The molecule has 0 radical (unpaired) electrons. The van der Waals surface area contributed by atoms with E-state index in [0.29, 0.717) is 5.56 Å². The van der Waals surface area contributed by atoms with Gasteiger partial charge >= 0.3 is 6.03 Å². The summed E-state index contributed by atoms with van der Waals surface area (Å²) < 4.78 is 12.8. The molecule has 2 amide bonds. The van der Waals surface area contributed by atoms with Gasteiger partial charge in [0.2, 0.25) is 0 Å². The van der Waals surface area contributed by atoms with E-state index in [-0.39, 0.29) is 42.7 Å². The lowest BCUT2D eigenvalue weighted by molar-refractivity contribution is 0.0982. The summed E-state index contributed by atoms with van der Waals surface area (Å²) >= 11 is 0. The summed E-state index contributed by atoms with van der Waals surface area (Å²) in [5, 5.41) is 2.75. The largest absolute Gasteiger partial charge is 0.338 e. The maximum Gasteiger partial charge on any atom is 0.317 e. The zero-order valence-electron chi connectivity index (χ0n) is 13.0. The van der Waals surface area contributed by atoms with Gasteiger partial charge in [0.25, 0.3) is 0 Å². The van der Waals surface area contributed by atoms with E-state index in [1.807, 2.05) is 27.7 Å². The molecule has 1 rings (SSSR count). The second kappa shape index (κ2) is 7.76. The number of rotatable bonds is 6. The first-order chi connectivity index (χ1) is 9.82. The Kier molecular flexibility index (Phi) is 6.34. The molecule has 21 heavy (non-hydrogen) atoms. The van der Waals surface area contributed by atoms with Crippen LogP contribution in [0.3, 0.4) is 0 Å². The maximum atomic E-state index is 12.8. The van der Waals surface area contributed by atoms with Crippen molar-refractivity contribution in [1.82, 2.24) is 10.2 Å². The lowest BCUT2D eigenvalue weighted by Gasteiger charge is -2.30. The monoisotopic (exact) mass is 294 g/mol. The first-order valence-electron chi connectivity index (χ1n) is 7.18. The Morgan fingerprint density at radius 3 is 2.10 bits per heavy atom. The van der Waals surface area contributed by atoms with Crippen LogP contribution in [0.15, 0.2) is 24.3 Å². The molecule has 0 bridgehead atoms. The Morgan fingerprint density at radius 1 is 1.10 bits per heavy atom. The lowest BCUT2D eigenvalue weighted by atomic mass is 10.1.